The molecule has 1 heteroatoms. The molecule has 1 nitrogen and oxygen atoms in total. The number of hydrogen-bond acceptors (Lipinski definition) is 0. The first kappa shape index (κ1) is 16.8. The van der Waals surface area contributed by atoms with Gasteiger partial charge in [0, 0.05) is 23.6 Å². The van der Waals surface area contributed by atoms with Crippen molar-refractivity contribution in [2.45, 2.75) is 58.4 Å². The Morgan fingerprint density at radius 3 is 2.42 bits per heavy atom. The van der Waals surface area contributed by atoms with E-state index >= 15 is 0 Å². The van der Waals surface area contributed by atoms with Crippen LogP contribution >= 0.6 is 0 Å². The molecule has 1 heterocycles. The lowest BCUT2D eigenvalue weighted by Crippen LogP contribution is -1.98. The van der Waals surface area contributed by atoms with Crippen molar-refractivity contribution in [1.82, 2.24) is 4.57 Å². The third-order valence-corrected chi connectivity index (χ3v) is 5.04. The highest BCUT2D eigenvalue weighted by Crippen LogP contribution is 2.31. The molecule has 0 radical (unpaired) electrons. The van der Waals surface area contributed by atoms with Gasteiger partial charge >= 0.3 is 0 Å². The third kappa shape index (κ3) is 3.90. The van der Waals surface area contributed by atoms with E-state index in [9.17, 15) is 0 Å². The first-order valence-corrected chi connectivity index (χ1v) is 9.41. The van der Waals surface area contributed by atoms with Crippen LogP contribution in [0, 0.1) is 0 Å². The smallest absolute Gasteiger partial charge is 0.0486 e. The Hall–Kier alpha value is -2.02. The van der Waals surface area contributed by atoms with Crippen LogP contribution in [-0.4, -0.2) is 4.57 Å². The van der Waals surface area contributed by atoms with Gasteiger partial charge in [0.15, 0.2) is 0 Å². The van der Waals surface area contributed by atoms with Crippen molar-refractivity contribution in [2.24, 2.45) is 0 Å². The average molecular weight is 319 g/mol. The predicted octanol–water partition coefficient (Wildman–Crippen LogP) is 6.76. The highest BCUT2D eigenvalue weighted by molar-refractivity contribution is 5.84. The third-order valence-electron chi connectivity index (χ3n) is 5.04. The molecule has 0 spiro atoms. The van der Waals surface area contributed by atoms with Gasteiger partial charge in [0.1, 0.15) is 0 Å². The average Bonchev–Trinajstić information content (AvgIpc) is 2.98. The van der Waals surface area contributed by atoms with Crippen molar-refractivity contribution in [1.29, 1.82) is 0 Å². The lowest BCUT2D eigenvalue weighted by molar-refractivity contribution is 0.580. The zero-order valence-corrected chi connectivity index (χ0v) is 15.0. The van der Waals surface area contributed by atoms with Crippen LogP contribution in [0.5, 0.6) is 0 Å². The summed E-state index contributed by atoms with van der Waals surface area (Å²) in [4.78, 5) is 0. The monoisotopic (exact) mass is 319 g/mol. The Morgan fingerprint density at radius 2 is 1.62 bits per heavy atom. The van der Waals surface area contributed by atoms with Crippen molar-refractivity contribution in [3.63, 3.8) is 0 Å². The molecule has 2 aromatic carbocycles. The molecule has 0 fully saturated rings. The van der Waals surface area contributed by atoms with Gasteiger partial charge in [-0.1, -0.05) is 88.1 Å². The molecule has 1 atom stereocenters. The number of rotatable bonds is 8. The van der Waals surface area contributed by atoms with Gasteiger partial charge in [-0.3, -0.25) is 0 Å². The Balaban J connectivity index is 1.83. The molecule has 0 aliphatic rings. The highest BCUT2D eigenvalue weighted by atomic mass is 15.0. The second kappa shape index (κ2) is 8.19. The summed E-state index contributed by atoms with van der Waals surface area (Å²) in [6.07, 6.45) is 9.06. The van der Waals surface area contributed by atoms with E-state index in [0.717, 1.165) is 6.54 Å². The second-order valence-electron chi connectivity index (χ2n) is 6.97. The molecular weight excluding hydrogens is 290 g/mol. The minimum Gasteiger partial charge on any atom is -0.343 e. The molecule has 0 N–H and O–H groups in total. The normalized spacial score (nSPS) is 12.6. The Morgan fingerprint density at radius 1 is 0.875 bits per heavy atom. The van der Waals surface area contributed by atoms with Gasteiger partial charge < -0.3 is 4.57 Å². The molecule has 24 heavy (non-hydrogen) atoms. The van der Waals surface area contributed by atoms with Gasteiger partial charge in [0.2, 0.25) is 0 Å². The van der Waals surface area contributed by atoms with Crippen molar-refractivity contribution in [3.8, 4) is 0 Å². The van der Waals surface area contributed by atoms with Gasteiger partial charge in [-0.05, 0) is 29.5 Å². The topological polar surface area (TPSA) is 4.93 Å². The quantitative estimate of drug-likeness (QED) is 0.404. The van der Waals surface area contributed by atoms with E-state index < -0.39 is 0 Å². The molecule has 0 saturated heterocycles. The van der Waals surface area contributed by atoms with Crippen LogP contribution in [0.1, 0.15) is 63.0 Å². The fourth-order valence-corrected chi connectivity index (χ4v) is 3.61. The number of benzene rings is 2. The fourth-order valence-electron chi connectivity index (χ4n) is 3.61. The second-order valence-corrected chi connectivity index (χ2v) is 6.97. The molecule has 126 valence electrons. The van der Waals surface area contributed by atoms with Crippen molar-refractivity contribution in [3.05, 3.63) is 71.9 Å². The van der Waals surface area contributed by atoms with E-state index in [1.54, 1.807) is 0 Å². The van der Waals surface area contributed by atoms with Crippen LogP contribution < -0.4 is 0 Å². The molecule has 0 unspecified atom stereocenters. The molecule has 0 saturated carbocycles. The number of para-hydroxylation sites is 1. The van der Waals surface area contributed by atoms with Gasteiger partial charge in [-0.15, -0.1) is 0 Å². The van der Waals surface area contributed by atoms with E-state index in [1.165, 1.54) is 54.1 Å². The summed E-state index contributed by atoms with van der Waals surface area (Å²) in [6, 6.07) is 19.6. The Bertz CT molecular complexity index is 754. The molecule has 0 aliphatic heterocycles. The fraction of sp³-hybridized carbons (Fsp3) is 0.391. The summed E-state index contributed by atoms with van der Waals surface area (Å²) in [6.45, 7) is 5.62. The van der Waals surface area contributed by atoms with Gasteiger partial charge in [0.05, 0.1) is 0 Å². The minimum atomic E-state index is 0.628. The van der Waals surface area contributed by atoms with E-state index in [4.69, 9.17) is 0 Å². The predicted molar refractivity (Wildman–Crippen MR) is 105 cm³/mol. The SMILES string of the molecule is CCCCCC[C@H](C)c1cn(Cc2ccccc2)c2ccccc12. The van der Waals surface area contributed by atoms with Crippen LogP contribution in [0.3, 0.4) is 0 Å². The maximum Gasteiger partial charge on any atom is 0.0486 e. The van der Waals surface area contributed by atoms with Crippen molar-refractivity contribution < 1.29 is 0 Å². The Labute approximate surface area is 146 Å². The standard InChI is InChI=1S/C23H29N/c1-3-4-5-7-12-19(2)22-18-24(17-20-13-8-6-9-14-20)23-16-11-10-15-21(22)23/h6,8-11,13-16,18-19H,3-5,7,12,17H2,1-2H3/t19-/m0/s1. The Kier molecular flexibility index (Phi) is 5.74. The number of unbranched alkanes of at least 4 members (excludes halogenated alkanes) is 3. The van der Waals surface area contributed by atoms with E-state index in [1.807, 2.05) is 0 Å². The minimum absolute atomic E-state index is 0.628. The van der Waals surface area contributed by atoms with Crippen LogP contribution in [0.25, 0.3) is 10.9 Å². The molecule has 3 aromatic rings. The van der Waals surface area contributed by atoms with Crippen LogP contribution in [-0.2, 0) is 6.54 Å². The molecule has 0 bridgehead atoms. The zero-order chi connectivity index (χ0) is 16.8. The van der Waals surface area contributed by atoms with E-state index in [0.29, 0.717) is 5.92 Å². The summed E-state index contributed by atoms with van der Waals surface area (Å²) < 4.78 is 2.42. The number of fused-ring (bicyclic) bond motifs is 1. The van der Waals surface area contributed by atoms with E-state index in [2.05, 4.69) is 79.2 Å². The van der Waals surface area contributed by atoms with Gasteiger partial charge in [-0.25, -0.2) is 0 Å². The zero-order valence-electron chi connectivity index (χ0n) is 15.0. The van der Waals surface area contributed by atoms with Crippen LogP contribution in [0.2, 0.25) is 0 Å². The van der Waals surface area contributed by atoms with Crippen LogP contribution in [0.4, 0.5) is 0 Å². The van der Waals surface area contributed by atoms with Gasteiger partial charge in [0.25, 0.3) is 0 Å². The first-order chi connectivity index (χ1) is 11.8. The largest absolute Gasteiger partial charge is 0.343 e. The number of hydrogen-bond donors (Lipinski definition) is 0. The molecule has 0 amide bonds. The van der Waals surface area contributed by atoms with Crippen LogP contribution in [0.15, 0.2) is 60.8 Å². The lowest BCUT2D eigenvalue weighted by atomic mass is 9.94. The summed E-state index contributed by atoms with van der Waals surface area (Å²) >= 11 is 0. The summed E-state index contributed by atoms with van der Waals surface area (Å²) in [5, 5.41) is 1.43. The van der Waals surface area contributed by atoms with E-state index in [-0.39, 0.29) is 0 Å². The molecule has 3 rings (SSSR count). The summed E-state index contributed by atoms with van der Waals surface area (Å²) in [7, 11) is 0. The van der Waals surface area contributed by atoms with Crippen molar-refractivity contribution >= 4 is 10.9 Å². The number of nitrogens with zero attached hydrogens (tertiary/aromatic N) is 1. The van der Waals surface area contributed by atoms with Crippen molar-refractivity contribution in [2.75, 3.05) is 0 Å². The van der Waals surface area contributed by atoms with Gasteiger partial charge in [-0.2, -0.15) is 0 Å². The number of aromatic nitrogens is 1. The lowest BCUT2D eigenvalue weighted by Gasteiger charge is -2.10. The molecule has 0 aliphatic carbocycles. The maximum atomic E-state index is 2.42. The summed E-state index contributed by atoms with van der Waals surface area (Å²) in [5.41, 5.74) is 4.23. The molecular formula is C23H29N. The first-order valence-electron chi connectivity index (χ1n) is 9.41. The highest BCUT2D eigenvalue weighted by Gasteiger charge is 2.14. The maximum absolute atomic E-state index is 2.42. The molecule has 1 aromatic heterocycles. The summed E-state index contributed by atoms with van der Waals surface area (Å²) in [5.74, 6) is 0.628.